The van der Waals surface area contributed by atoms with Gasteiger partial charge >= 0.3 is 0 Å². The maximum Gasteiger partial charge on any atom is 0.264 e. The van der Waals surface area contributed by atoms with Crippen LogP contribution in [0.1, 0.15) is 17.0 Å². The molecular formula is C27H23Cl3N4O3S. The monoisotopic (exact) mass is 588 g/mol. The van der Waals surface area contributed by atoms with Crippen molar-refractivity contribution in [3.8, 4) is 5.69 Å². The summed E-state index contributed by atoms with van der Waals surface area (Å²) in [7, 11) is -4.05. The smallest absolute Gasteiger partial charge is 0.264 e. The molecule has 0 saturated carbocycles. The number of anilines is 1. The molecule has 38 heavy (non-hydrogen) atoms. The Balaban J connectivity index is 1.56. The fraction of sp³-hybridized carbons (Fsp3) is 0.111. The van der Waals surface area contributed by atoms with Crippen LogP contribution in [0.2, 0.25) is 15.1 Å². The normalized spacial score (nSPS) is 11.6. The van der Waals surface area contributed by atoms with Crippen LogP contribution in [0, 0.1) is 13.8 Å². The van der Waals surface area contributed by atoms with Crippen LogP contribution in [0.3, 0.4) is 0 Å². The first kappa shape index (κ1) is 27.7. The van der Waals surface area contributed by atoms with Gasteiger partial charge in [0.05, 0.1) is 27.5 Å². The second-order valence-electron chi connectivity index (χ2n) is 8.36. The van der Waals surface area contributed by atoms with E-state index in [1.807, 2.05) is 30.5 Å². The van der Waals surface area contributed by atoms with Crippen molar-refractivity contribution in [1.29, 1.82) is 0 Å². The van der Waals surface area contributed by atoms with Gasteiger partial charge in [-0.25, -0.2) is 13.8 Å². The summed E-state index contributed by atoms with van der Waals surface area (Å²) in [6.45, 7) is 3.31. The SMILES string of the molecule is Cc1cc(/C=N\NC(=O)CN(c2cccc(Cl)c2)S(=O)(=O)c2ccccc2)c(C)n1-c1ccc(Cl)cc1Cl. The van der Waals surface area contributed by atoms with Crippen molar-refractivity contribution in [3.05, 3.63) is 111 Å². The molecule has 3 aromatic carbocycles. The fourth-order valence-electron chi connectivity index (χ4n) is 3.96. The van der Waals surface area contributed by atoms with Gasteiger partial charge < -0.3 is 4.57 Å². The molecule has 4 aromatic rings. The molecule has 1 amide bonds. The molecule has 196 valence electrons. The van der Waals surface area contributed by atoms with Crippen molar-refractivity contribution in [2.24, 2.45) is 5.10 Å². The highest BCUT2D eigenvalue weighted by atomic mass is 35.5. The predicted molar refractivity (Wildman–Crippen MR) is 153 cm³/mol. The zero-order valence-electron chi connectivity index (χ0n) is 20.4. The van der Waals surface area contributed by atoms with E-state index < -0.39 is 22.5 Å². The molecule has 0 unspecified atom stereocenters. The number of hydrazone groups is 1. The third-order valence-electron chi connectivity index (χ3n) is 5.73. The molecule has 0 saturated heterocycles. The predicted octanol–water partition coefficient (Wildman–Crippen LogP) is 6.40. The molecule has 0 aliphatic heterocycles. The Bertz CT molecular complexity index is 1620. The number of carbonyl (C=O) groups is 1. The minimum Gasteiger partial charge on any atom is -0.316 e. The van der Waals surface area contributed by atoms with Crippen molar-refractivity contribution < 1.29 is 13.2 Å². The van der Waals surface area contributed by atoms with E-state index in [1.54, 1.807) is 48.5 Å². The van der Waals surface area contributed by atoms with Gasteiger partial charge in [-0.1, -0.05) is 59.1 Å². The Hall–Kier alpha value is -3.30. The molecule has 0 atom stereocenters. The first-order valence-corrected chi connectivity index (χ1v) is 13.9. The van der Waals surface area contributed by atoms with Gasteiger partial charge in [-0.3, -0.25) is 9.10 Å². The van der Waals surface area contributed by atoms with E-state index in [-0.39, 0.29) is 10.6 Å². The lowest BCUT2D eigenvalue weighted by atomic mass is 10.2. The van der Waals surface area contributed by atoms with Crippen LogP contribution in [0.5, 0.6) is 0 Å². The highest BCUT2D eigenvalue weighted by Crippen LogP contribution is 2.29. The summed E-state index contributed by atoms with van der Waals surface area (Å²) in [6.07, 6.45) is 1.50. The van der Waals surface area contributed by atoms with Crippen LogP contribution >= 0.6 is 34.8 Å². The Kier molecular flexibility index (Phi) is 8.47. The number of hydrogen-bond donors (Lipinski definition) is 1. The van der Waals surface area contributed by atoms with Gasteiger partial charge in [0, 0.05) is 27.0 Å². The molecule has 1 N–H and O–H groups in total. The Morgan fingerprint density at radius 1 is 0.947 bits per heavy atom. The zero-order valence-corrected chi connectivity index (χ0v) is 23.5. The fourth-order valence-corrected chi connectivity index (χ4v) is 6.07. The number of aryl methyl sites for hydroxylation is 1. The molecule has 7 nitrogen and oxygen atoms in total. The molecule has 1 heterocycles. The quantitative estimate of drug-likeness (QED) is 0.191. The number of nitrogens with zero attached hydrogens (tertiary/aromatic N) is 3. The molecule has 0 spiro atoms. The summed E-state index contributed by atoms with van der Waals surface area (Å²) in [4.78, 5) is 12.9. The number of aromatic nitrogens is 1. The lowest BCUT2D eigenvalue weighted by molar-refractivity contribution is -0.119. The number of hydrogen-bond acceptors (Lipinski definition) is 4. The number of carbonyl (C=O) groups excluding carboxylic acids is 1. The number of rotatable bonds is 8. The summed E-state index contributed by atoms with van der Waals surface area (Å²) in [6, 6.07) is 21.3. The average Bonchev–Trinajstić information content (AvgIpc) is 3.15. The van der Waals surface area contributed by atoms with Crippen LogP contribution < -0.4 is 9.73 Å². The van der Waals surface area contributed by atoms with E-state index in [0.717, 1.165) is 26.9 Å². The van der Waals surface area contributed by atoms with Crippen molar-refractivity contribution in [2.75, 3.05) is 10.8 Å². The lowest BCUT2D eigenvalue weighted by Gasteiger charge is -2.23. The van der Waals surface area contributed by atoms with Gasteiger partial charge in [-0.15, -0.1) is 0 Å². The second kappa shape index (κ2) is 11.6. The van der Waals surface area contributed by atoms with Gasteiger partial charge in [-0.05, 0) is 68.4 Å². The van der Waals surface area contributed by atoms with Gasteiger partial charge in [0.25, 0.3) is 15.9 Å². The summed E-state index contributed by atoms with van der Waals surface area (Å²) in [5.41, 5.74) is 5.93. The van der Waals surface area contributed by atoms with Crippen LogP contribution in [0.15, 0.2) is 88.9 Å². The van der Waals surface area contributed by atoms with Crippen molar-refractivity contribution >= 4 is 62.6 Å². The highest BCUT2D eigenvalue weighted by molar-refractivity contribution is 7.92. The minimum absolute atomic E-state index is 0.0459. The Morgan fingerprint density at radius 2 is 1.66 bits per heavy atom. The molecule has 0 fully saturated rings. The zero-order chi connectivity index (χ0) is 27.4. The van der Waals surface area contributed by atoms with Crippen molar-refractivity contribution in [2.45, 2.75) is 18.7 Å². The van der Waals surface area contributed by atoms with Crippen LogP contribution in [0.4, 0.5) is 5.69 Å². The molecule has 1 aromatic heterocycles. The van der Waals surface area contributed by atoms with E-state index >= 15 is 0 Å². The number of benzene rings is 3. The number of nitrogens with one attached hydrogen (secondary N) is 1. The molecular weight excluding hydrogens is 567 g/mol. The molecule has 4 rings (SSSR count). The van der Waals surface area contributed by atoms with Gasteiger partial charge in [0.1, 0.15) is 6.54 Å². The molecule has 0 aliphatic carbocycles. The van der Waals surface area contributed by atoms with Crippen LogP contribution in [-0.2, 0) is 14.8 Å². The first-order valence-electron chi connectivity index (χ1n) is 11.4. The Morgan fingerprint density at radius 3 is 2.34 bits per heavy atom. The molecule has 11 heteroatoms. The maximum atomic E-state index is 13.4. The summed E-state index contributed by atoms with van der Waals surface area (Å²) in [5.74, 6) is -0.629. The maximum absolute atomic E-state index is 13.4. The van der Waals surface area contributed by atoms with Crippen molar-refractivity contribution in [3.63, 3.8) is 0 Å². The van der Waals surface area contributed by atoms with Crippen LogP contribution in [-0.4, -0.2) is 31.7 Å². The van der Waals surface area contributed by atoms with E-state index in [2.05, 4.69) is 10.5 Å². The van der Waals surface area contributed by atoms with E-state index in [0.29, 0.717) is 15.1 Å². The first-order chi connectivity index (χ1) is 18.1. The Labute approximate surface area is 236 Å². The van der Waals surface area contributed by atoms with E-state index in [4.69, 9.17) is 34.8 Å². The summed E-state index contributed by atoms with van der Waals surface area (Å²) in [5, 5.41) is 5.44. The van der Waals surface area contributed by atoms with Gasteiger partial charge in [0.2, 0.25) is 0 Å². The third-order valence-corrected chi connectivity index (χ3v) is 8.29. The second-order valence-corrected chi connectivity index (χ2v) is 11.5. The van der Waals surface area contributed by atoms with E-state index in [1.165, 1.54) is 24.4 Å². The number of halogens is 3. The molecule has 0 bridgehead atoms. The number of sulfonamides is 1. The highest BCUT2D eigenvalue weighted by Gasteiger charge is 2.27. The summed E-state index contributed by atoms with van der Waals surface area (Å²) < 4.78 is 29.7. The van der Waals surface area contributed by atoms with E-state index in [9.17, 15) is 13.2 Å². The number of amides is 1. The van der Waals surface area contributed by atoms with Crippen molar-refractivity contribution in [1.82, 2.24) is 9.99 Å². The van der Waals surface area contributed by atoms with Gasteiger partial charge in [0.15, 0.2) is 0 Å². The average molecular weight is 590 g/mol. The topological polar surface area (TPSA) is 83.8 Å². The molecule has 0 radical (unpaired) electrons. The lowest BCUT2D eigenvalue weighted by Crippen LogP contribution is -2.39. The summed E-state index contributed by atoms with van der Waals surface area (Å²) >= 11 is 18.5. The standard InChI is InChI=1S/C27H23Cl3N4O3S/c1-18-13-20(19(2)34(18)26-12-11-22(29)15-25(26)30)16-31-32-27(35)17-33(23-8-6-7-21(28)14-23)38(36,37)24-9-4-3-5-10-24/h3-16H,17H2,1-2H3,(H,32,35)/b31-16-. The van der Waals surface area contributed by atoms with Crippen LogP contribution in [0.25, 0.3) is 5.69 Å². The molecule has 0 aliphatic rings. The third kappa shape index (κ3) is 6.05. The minimum atomic E-state index is -4.05. The largest absolute Gasteiger partial charge is 0.316 e. The van der Waals surface area contributed by atoms with Gasteiger partial charge in [-0.2, -0.15) is 5.10 Å².